The zero-order valence-electron chi connectivity index (χ0n) is 19.0. The van der Waals surface area contributed by atoms with Gasteiger partial charge in [0.25, 0.3) is 0 Å². The molecule has 1 amide bonds. The van der Waals surface area contributed by atoms with Crippen LogP contribution in [0.25, 0.3) is 22.5 Å². The van der Waals surface area contributed by atoms with E-state index in [1.165, 1.54) is 16.7 Å². The van der Waals surface area contributed by atoms with Crippen LogP contribution in [-0.2, 0) is 4.79 Å². The second kappa shape index (κ2) is 8.45. The van der Waals surface area contributed by atoms with Crippen LogP contribution >= 0.6 is 0 Å². The van der Waals surface area contributed by atoms with Crippen LogP contribution in [0.5, 0.6) is 0 Å². The number of fused-ring (bicyclic) bond motifs is 1. The Bertz CT molecular complexity index is 1490. The maximum Gasteiger partial charge on any atom is 0.348 e. The predicted octanol–water partition coefficient (Wildman–Crippen LogP) is 4.77. The summed E-state index contributed by atoms with van der Waals surface area (Å²) in [6, 6.07) is 10.3. The van der Waals surface area contributed by atoms with Crippen LogP contribution in [0, 0.1) is 11.7 Å². The SMILES string of the molecule is O=C(C1CC1)N1CC/C(=C\c2n[nH]c(=O)n2C2=C(F)CC(c3ccc4cc(F)ccc4c3)C=C2)C1. The molecule has 1 saturated heterocycles. The van der Waals surface area contributed by atoms with Crippen LogP contribution in [0.15, 0.2) is 64.7 Å². The van der Waals surface area contributed by atoms with Crippen molar-refractivity contribution in [1.82, 2.24) is 19.7 Å². The molecule has 2 heterocycles. The van der Waals surface area contributed by atoms with Gasteiger partial charge in [-0.05, 0) is 65.5 Å². The number of aromatic amines is 1. The van der Waals surface area contributed by atoms with Crippen molar-refractivity contribution in [2.24, 2.45) is 5.92 Å². The molecule has 0 spiro atoms. The van der Waals surface area contributed by atoms with E-state index in [0.29, 0.717) is 25.3 Å². The topological polar surface area (TPSA) is 71.0 Å². The van der Waals surface area contributed by atoms with Gasteiger partial charge >= 0.3 is 5.69 Å². The molecule has 0 bridgehead atoms. The van der Waals surface area contributed by atoms with Gasteiger partial charge in [-0.15, -0.1) is 0 Å². The highest BCUT2D eigenvalue weighted by atomic mass is 19.1. The molecule has 2 aromatic carbocycles. The Labute approximate surface area is 200 Å². The first-order valence-corrected chi connectivity index (χ1v) is 11.9. The maximum atomic E-state index is 15.4. The number of carbonyl (C=O) groups excluding carboxylic acids is 1. The zero-order valence-corrected chi connectivity index (χ0v) is 19.0. The molecule has 2 fully saturated rings. The summed E-state index contributed by atoms with van der Waals surface area (Å²) in [5.74, 6) is -0.210. The largest absolute Gasteiger partial charge is 0.348 e. The first-order chi connectivity index (χ1) is 17.0. The molecular formula is C27H24F2N4O2. The third-order valence-corrected chi connectivity index (χ3v) is 7.03. The number of nitrogens with zero attached hydrogens (tertiary/aromatic N) is 3. The van der Waals surface area contributed by atoms with E-state index in [1.807, 2.05) is 29.2 Å². The standard InChI is InChI=1S/C27H24F2N4O2/c28-22-7-5-19-12-18(3-4-20(19)13-22)21-6-8-24(23(29)14-21)33-25(30-31-27(33)35)11-16-9-10-32(15-16)26(34)17-1-2-17/h3-8,11-13,17,21H,1-2,9-10,14-15H2,(H,31,35)/b16-11+. The number of rotatable bonds is 4. The highest BCUT2D eigenvalue weighted by Gasteiger charge is 2.35. The third kappa shape index (κ3) is 4.13. The summed E-state index contributed by atoms with van der Waals surface area (Å²) in [5.41, 5.74) is 1.56. The molecular weight excluding hydrogens is 450 g/mol. The molecule has 0 radical (unpaired) electrons. The molecule has 1 unspecified atom stereocenters. The Hall–Kier alpha value is -3.81. The number of amides is 1. The molecule has 1 aliphatic heterocycles. The molecule has 1 N–H and O–H groups in total. The molecule has 3 aliphatic rings. The van der Waals surface area contributed by atoms with Crippen LogP contribution < -0.4 is 5.69 Å². The number of halogens is 2. The number of likely N-dealkylation sites (tertiary alicyclic amines) is 1. The Morgan fingerprint density at radius 3 is 2.71 bits per heavy atom. The fourth-order valence-electron chi connectivity index (χ4n) is 4.95. The average Bonchev–Trinajstić information content (AvgIpc) is 3.50. The lowest BCUT2D eigenvalue weighted by atomic mass is 9.89. The van der Waals surface area contributed by atoms with Crippen molar-refractivity contribution in [3.63, 3.8) is 0 Å². The number of hydrogen-bond donors (Lipinski definition) is 1. The summed E-state index contributed by atoms with van der Waals surface area (Å²) < 4.78 is 30.1. The molecule has 1 aromatic heterocycles. The highest BCUT2D eigenvalue weighted by Crippen LogP contribution is 2.36. The maximum absolute atomic E-state index is 15.4. The predicted molar refractivity (Wildman–Crippen MR) is 129 cm³/mol. The lowest BCUT2D eigenvalue weighted by molar-refractivity contribution is -0.131. The van der Waals surface area contributed by atoms with Crippen LogP contribution in [-0.4, -0.2) is 38.7 Å². The lowest BCUT2D eigenvalue weighted by Gasteiger charge is -2.19. The second-order valence-electron chi connectivity index (χ2n) is 9.52. The van der Waals surface area contributed by atoms with Crippen molar-refractivity contribution < 1.29 is 13.6 Å². The molecule has 6 nitrogen and oxygen atoms in total. The molecule has 6 rings (SSSR count). The van der Waals surface area contributed by atoms with Gasteiger partial charge in [-0.2, -0.15) is 5.10 Å². The van der Waals surface area contributed by atoms with Gasteiger partial charge in [-0.1, -0.05) is 30.3 Å². The number of aromatic nitrogens is 3. The van der Waals surface area contributed by atoms with Crippen molar-refractivity contribution in [2.75, 3.05) is 13.1 Å². The first-order valence-electron chi connectivity index (χ1n) is 11.9. The van der Waals surface area contributed by atoms with Crippen molar-refractivity contribution in [3.8, 4) is 0 Å². The summed E-state index contributed by atoms with van der Waals surface area (Å²) in [5, 5.41) is 8.21. The molecule has 178 valence electrons. The fraction of sp³-hybridized carbons (Fsp3) is 0.296. The number of allylic oxidation sites excluding steroid dienone is 4. The second-order valence-corrected chi connectivity index (χ2v) is 9.52. The van der Waals surface area contributed by atoms with Gasteiger partial charge in [-0.25, -0.2) is 23.2 Å². The van der Waals surface area contributed by atoms with E-state index >= 15 is 4.39 Å². The van der Waals surface area contributed by atoms with E-state index in [4.69, 9.17) is 0 Å². The third-order valence-electron chi connectivity index (χ3n) is 7.03. The molecule has 8 heteroatoms. The van der Waals surface area contributed by atoms with E-state index in [9.17, 15) is 14.0 Å². The summed E-state index contributed by atoms with van der Waals surface area (Å²) in [6.45, 7) is 1.18. The summed E-state index contributed by atoms with van der Waals surface area (Å²) in [7, 11) is 0. The van der Waals surface area contributed by atoms with Crippen molar-refractivity contribution in [2.45, 2.75) is 31.6 Å². The average molecular weight is 475 g/mol. The number of nitrogens with one attached hydrogen (secondary N) is 1. The molecule has 2 aliphatic carbocycles. The number of H-pyrrole nitrogens is 1. The normalized spacial score (nSPS) is 21.5. The molecule has 3 aromatic rings. The van der Waals surface area contributed by atoms with Gasteiger partial charge in [0, 0.05) is 31.3 Å². The van der Waals surface area contributed by atoms with Crippen LogP contribution in [0.4, 0.5) is 8.78 Å². The van der Waals surface area contributed by atoms with E-state index in [1.54, 1.807) is 18.2 Å². The highest BCUT2D eigenvalue weighted by molar-refractivity contribution is 5.83. The lowest BCUT2D eigenvalue weighted by Crippen LogP contribution is -2.29. The minimum Gasteiger partial charge on any atom is -0.338 e. The van der Waals surface area contributed by atoms with Crippen molar-refractivity contribution in [3.05, 3.63) is 87.6 Å². The Balaban J connectivity index is 1.25. The van der Waals surface area contributed by atoms with Gasteiger partial charge in [0.1, 0.15) is 11.6 Å². The quantitative estimate of drug-likeness (QED) is 0.592. The monoisotopic (exact) mass is 474 g/mol. The smallest absolute Gasteiger partial charge is 0.338 e. The van der Waals surface area contributed by atoms with Crippen molar-refractivity contribution in [1.29, 1.82) is 0 Å². The summed E-state index contributed by atoms with van der Waals surface area (Å²) in [6.07, 6.45) is 8.03. The number of benzene rings is 2. The minimum absolute atomic E-state index is 0.107. The summed E-state index contributed by atoms with van der Waals surface area (Å²) in [4.78, 5) is 26.7. The molecule has 1 saturated carbocycles. The number of carbonyl (C=O) groups is 1. The van der Waals surface area contributed by atoms with E-state index in [2.05, 4.69) is 10.2 Å². The van der Waals surface area contributed by atoms with Gasteiger partial charge in [-0.3, -0.25) is 4.79 Å². The van der Waals surface area contributed by atoms with Crippen LogP contribution in [0.2, 0.25) is 0 Å². The fourth-order valence-corrected chi connectivity index (χ4v) is 4.95. The molecule has 35 heavy (non-hydrogen) atoms. The van der Waals surface area contributed by atoms with E-state index < -0.39 is 11.5 Å². The number of hydrogen-bond acceptors (Lipinski definition) is 3. The van der Waals surface area contributed by atoms with Gasteiger partial charge in [0.05, 0.1) is 5.70 Å². The Morgan fingerprint density at radius 2 is 1.91 bits per heavy atom. The minimum atomic E-state index is -0.512. The summed E-state index contributed by atoms with van der Waals surface area (Å²) >= 11 is 0. The molecule has 1 atom stereocenters. The van der Waals surface area contributed by atoms with E-state index in [-0.39, 0.29) is 35.7 Å². The first kappa shape index (κ1) is 21.7. The Morgan fingerprint density at radius 1 is 1.11 bits per heavy atom. The Kier molecular flexibility index (Phi) is 5.24. The van der Waals surface area contributed by atoms with Gasteiger partial charge < -0.3 is 4.90 Å². The zero-order chi connectivity index (χ0) is 24.1. The van der Waals surface area contributed by atoms with Crippen LogP contribution in [0.1, 0.15) is 43.0 Å². The van der Waals surface area contributed by atoms with E-state index in [0.717, 1.165) is 34.8 Å². The van der Waals surface area contributed by atoms with Gasteiger partial charge in [0.15, 0.2) is 5.82 Å². The van der Waals surface area contributed by atoms with Gasteiger partial charge in [0.2, 0.25) is 5.91 Å². The van der Waals surface area contributed by atoms with Crippen LogP contribution in [0.3, 0.4) is 0 Å². The van der Waals surface area contributed by atoms with Crippen molar-refractivity contribution >= 4 is 28.5 Å².